The molecule has 0 unspecified atom stereocenters. The Morgan fingerprint density at radius 2 is 1.69 bits per heavy atom. The molecule has 1 aromatic carbocycles. The SMILES string of the molecule is COc1cccc(OCCN2CCN(Cc3ccnc(N4CCCC4)n3)CC2)c1. The summed E-state index contributed by atoms with van der Waals surface area (Å²) < 4.78 is 11.1. The van der Waals surface area contributed by atoms with Crippen LogP contribution in [0.25, 0.3) is 0 Å². The van der Waals surface area contributed by atoms with Crippen LogP contribution in [0.15, 0.2) is 36.5 Å². The lowest BCUT2D eigenvalue weighted by molar-refractivity contribution is 0.111. The summed E-state index contributed by atoms with van der Waals surface area (Å²) in [5.41, 5.74) is 1.12. The largest absolute Gasteiger partial charge is 0.497 e. The van der Waals surface area contributed by atoms with E-state index in [9.17, 15) is 0 Å². The standard InChI is InChI=1S/C22H31N5O2/c1-28-20-5-4-6-21(17-20)29-16-15-25-11-13-26(14-12-25)18-19-7-8-23-22(24-19)27-9-2-3-10-27/h4-8,17H,2-3,9-16,18H2,1H3. The van der Waals surface area contributed by atoms with Crippen LogP contribution in [0.3, 0.4) is 0 Å². The normalized spacial score (nSPS) is 18.2. The predicted octanol–water partition coefficient (Wildman–Crippen LogP) is 2.28. The van der Waals surface area contributed by atoms with Gasteiger partial charge in [-0.15, -0.1) is 0 Å². The monoisotopic (exact) mass is 397 g/mol. The van der Waals surface area contributed by atoms with Crippen molar-refractivity contribution in [1.82, 2.24) is 19.8 Å². The van der Waals surface area contributed by atoms with Gasteiger partial charge in [0.1, 0.15) is 18.1 Å². The van der Waals surface area contributed by atoms with Crippen LogP contribution in [-0.2, 0) is 6.54 Å². The van der Waals surface area contributed by atoms with Crippen molar-refractivity contribution in [2.45, 2.75) is 19.4 Å². The molecule has 0 amide bonds. The van der Waals surface area contributed by atoms with Gasteiger partial charge < -0.3 is 14.4 Å². The maximum atomic E-state index is 5.88. The van der Waals surface area contributed by atoms with E-state index in [0.717, 1.165) is 75.5 Å². The number of piperazine rings is 1. The van der Waals surface area contributed by atoms with Gasteiger partial charge >= 0.3 is 0 Å². The van der Waals surface area contributed by atoms with Crippen molar-refractivity contribution < 1.29 is 9.47 Å². The Labute approximate surface area is 173 Å². The average Bonchev–Trinajstić information content (AvgIpc) is 3.30. The van der Waals surface area contributed by atoms with Crippen LogP contribution in [0.2, 0.25) is 0 Å². The number of ether oxygens (including phenoxy) is 2. The third kappa shape index (κ3) is 5.58. The minimum atomic E-state index is 0.693. The topological polar surface area (TPSA) is 54.0 Å². The van der Waals surface area contributed by atoms with Crippen LogP contribution in [0.1, 0.15) is 18.5 Å². The molecule has 0 spiro atoms. The highest BCUT2D eigenvalue weighted by Gasteiger charge is 2.19. The lowest BCUT2D eigenvalue weighted by Gasteiger charge is -2.34. The molecule has 1 aromatic heterocycles. The van der Waals surface area contributed by atoms with Crippen molar-refractivity contribution in [2.24, 2.45) is 0 Å². The number of hydrogen-bond acceptors (Lipinski definition) is 7. The summed E-state index contributed by atoms with van der Waals surface area (Å²) in [4.78, 5) is 16.5. The lowest BCUT2D eigenvalue weighted by atomic mass is 10.3. The van der Waals surface area contributed by atoms with Crippen LogP contribution in [0.5, 0.6) is 11.5 Å². The Kier molecular flexibility index (Phi) is 6.79. The van der Waals surface area contributed by atoms with Crippen molar-refractivity contribution in [3.63, 3.8) is 0 Å². The Bertz CT molecular complexity index is 773. The smallest absolute Gasteiger partial charge is 0.225 e. The molecule has 0 radical (unpaired) electrons. The van der Waals surface area contributed by atoms with E-state index < -0.39 is 0 Å². The second-order valence-corrected chi connectivity index (χ2v) is 7.69. The first-order chi connectivity index (χ1) is 14.3. The van der Waals surface area contributed by atoms with E-state index in [4.69, 9.17) is 14.5 Å². The highest BCUT2D eigenvalue weighted by molar-refractivity contribution is 5.33. The second-order valence-electron chi connectivity index (χ2n) is 7.69. The Balaban J connectivity index is 1.19. The summed E-state index contributed by atoms with van der Waals surface area (Å²) in [5.74, 6) is 2.59. The van der Waals surface area contributed by atoms with Crippen LogP contribution in [0.4, 0.5) is 5.95 Å². The van der Waals surface area contributed by atoms with Crippen LogP contribution in [0, 0.1) is 0 Å². The number of aromatic nitrogens is 2. The number of hydrogen-bond donors (Lipinski definition) is 0. The minimum Gasteiger partial charge on any atom is -0.497 e. The van der Waals surface area contributed by atoms with Crippen molar-refractivity contribution in [3.8, 4) is 11.5 Å². The summed E-state index contributed by atoms with van der Waals surface area (Å²) in [6, 6.07) is 9.83. The molecule has 156 valence electrons. The summed E-state index contributed by atoms with van der Waals surface area (Å²) in [7, 11) is 1.67. The quantitative estimate of drug-likeness (QED) is 0.677. The van der Waals surface area contributed by atoms with Gasteiger partial charge in [-0.2, -0.15) is 0 Å². The maximum Gasteiger partial charge on any atom is 0.225 e. The van der Waals surface area contributed by atoms with Gasteiger partial charge in [-0.1, -0.05) is 6.07 Å². The summed E-state index contributed by atoms with van der Waals surface area (Å²) in [6.45, 7) is 8.94. The van der Waals surface area contributed by atoms with Gasteiger partial charge in [-0.05, 0) is 31.0 Å². The zero-order valence-corrected chi connectivity index (χ0v) is 17.3. The van der Waals surface area contributed by atoms with Gasteiger partial charge in [0.25, 0.3) is 0 Å². The van der Waals surface area contributed by atoms with Gasteiger partial charge in [-0.25, -0.2) is 9.97 Å². The van der Waals surface area contributed by atoms with E-state index in [1.54, 1.807) is 7.11 Å². The molecule has 4 rings (SSSR count). The molecule has 3 heterocycles. The van der Waals surface area contributed by atoms with E-state index in [0.29, 0.717) is 6.61 Å². The molecule has 2 fully saturated rings. The first-order valence-corrected chi connectivity index (χ1v) is 10.6. The van der Waals surface area contributed by atoms with Crippen molar-refractivity contribution >= 4 is 5.95 Å². The van der Waals surface area contributed by atoms with Gasteiger partial charge in [-0.3, -0.25) is 9.80 Å². The molecule has 0 aliphatic carbocycles. The van der Waals surface area contributed by atoms with Crippen molar-refractivity contribution in [3.05, 3.63) is 42.2 Å². The molecule has 7 heteroatoms. The second kappa shape index (κ2) is 9.89. The molecular formula is C22H31N5O2. The first kappa shape index (κ1) is 19.9. The Morgan fingerprint density at radius 3 is 2.48 bits per heavy atom. The fourth-order valence-electron chi connectivity index (χ4n) is 3.93. The summed E-state index contributed by atoms with van der Waals surface area (Å²) >= 11 is 0. The van der Waals surface area contributed by atoms with Gasteiger partial charge in [0.15, 0.2) is 0 Å². The third-order valence-corrected chi connectivity index (χ3v) is 5.66. The van der Waals surface area contributed by atoms with Crippen molar-refractivity contribution in [2.75, 3.05) is 64.4 Å². The van der Waals surface area contributed by atoms with E-state index in [1.165, 1.54) is 12.8 Å². The van der Waals surface area contributed by atoms with Crippen LogP contribution < -0.4 is 14.4 Å². The maximum absolute atomic E-state index is 5.88. The van der Waals surface area contributed by atoms with Gasteiger partial charge in [0, 0.05) is 64.6 Å². The summed E-state index contributed by atoms with van der Waals surface area (Å²) in [6.07, 6.45) is 4.40. The minimum absolute atomic E-state index is 0.693. The number of nitrogens with zero attached hydrogens (tertiary/aromatic N) is 5. The molecular weight excluding hydrogens is 366 g/mol. The fraction of sp³-hybridized carbons (Fsp3) is 0.545. The van der Waals surface area contributed by atoms with E-state index in [-0.39, 0.29) is 0 Å². The van der Waals surface area contributed by atoms with E-state index in [1.807, 2.05) is 36.5 Å². The van der Waals surface area contributed by atoms with E-state index >= 15 is 0 Å². The molecule has 0 bridgehead atoms. The molecule has 2 aromatic rings. The number of methoxy groups -OCH3 is 1. The van der Waals surface area contributed by atoms with Gasteiger partial charge in [0.2, 0.25) is 5.95 Å². The molecule has 0 atom stereocenters. The fourth-order valence-corrected chi connectivity index (χ4v) is 3.93. The van der Waals surface area contributed by atoms with Crippen LogP contribution in [-0.4, -0.2) is 79.3 Å². The predicted molar refractivity (Wildman–Crippen MR) is 114 cm³/mol. The van der Waals surface area contributed by atoms with Crippen molar-refractivity contribution in [1.29, 1.82) is 0 Å². The Morgan fingerprint density at radius 1 is 0.931 bits per heavy atom. The molecule has 7 nitrogen and oxygen atoms in total. The molecule has 0 saturated carbocycles. The third-order valence-electron chi connectivity index (χ3n) is 5.66. The lowest BCUT2D eigenvalue weighted by Crippen LogP contribution is -2.47. The number of rotatable bonds is 8. The molecule has 29 heavy (non-hydrogen) atoms. The molecule has 2 saturated heterocycles. The zero-order chi connectivity index (χ0) is 19.9. The van der Waals surface area contributed by atoms with Gasteiger partial charge in [0.05, 0.1) is 12.8 Å². The first-order valence-electron chi connectivity index (χ1n) is 10.6. The number of anilines is 1. The summed E-state index contributed by atoms with van der Waals surface area (Å²) in [5, 5.41) is 0. The average molecular weight is 398 g/mol. The van der Waals surface area contributed by atoms with Crippen LogP contribution >= 0.6 is 0 Å². The molecule has 0 N–H and O–H groups in total. The molecule has 2 aliphatic rings. The molecule has 2 aliphatic heterocycles. The highest BCUT2D eigenvalue weighted by Crippen LogP contribution is 2.19. The van der Waals surface area contributed by atoms with E-state index in [2.05, 4.69) is 19.7 Å². The highest BCUT2D eigenvalue weighted by atomic mass is 16.5. The number of benzene rings is 1. The zero-order valence-electron chi connectivity index (χ0n) is 17.3. The Hall–Kier alpha value is -2.38.